The maximum atomic E-state index is 11.1. The minimum atomic E-state index is -1.08. The third kappa shape index (κ3) is 2.85. The van der Waals surface area contributed by atoms with Gasteiger partial charge >= 0.3 is 5.97 Å². The van der Waals surface area contributed by atoms with Crippen molar-refractivity contribution >= 4 is 11.7 Å². The molecule has 0 spiro atoms. The summed E-state index contributed by atoms with van der Waals surface area (Å²) in [6.45, 7) is 2.81. The molecule has 1 aromatic heterocycles. The van der Waals surface area contributed by atoms with Crippen molar-refractivity contribution < 1.29 is 15.0 Å². The van der Waals surface area contributed by atoms with E-state index in [1.54, 1.807) is 29.1 Å². The highest BCUT2D eigenvalue weighted by molar-refractivity contribution is 5.91. The summed E-state index contributed by atoms with van der Waals surface area (Å²) in [5, 5.41) is 25.6. The van der Waals surface area contributed by atoms with Crippen molar-refractivity contribution in [3.63, 3.8) is 0 Å². The van der Waals surface area contributed by atoms with Crippen LogP contribution in [0.4, 0.5) is 5.69 Å². The molecule has 0 aliphatic carbocycles. The summed E-state index contributed by atoms with van der Waals surface area (Å²) in [4.78, 5) is 11.1. The van der Waals surface area contributed by atoms with Gasteiger partial charge in [-0.2, -0.15) is 5.10 Å². The van der Waals surface area contributed by atoms with Gasteiger partial charge in [0.15, 0.2) is 5.69 Å². The number of aromatic carboxylic acids is 1. The molecule has 6 heteroatoms. The van der Waals surface area contributed by atoms with Gasteiger partial charge in [-0.3, -0.25) is 4.68 Å². The molecule has 1 aromatic carbocycles. The summed E-state index contributed by atoms with van der Waals surface area (Å²) >= 11 is 0. The highest BCUT2D eigenvalue weighted by Gasteiger charge is 2.15. The molecule has 0 amide bonds. The van der Waals surface area contributed by atoms with Gasteiger partial charge in [-0.1, -0.05) is 18.2 Å². The number of hydrogen-bond donors (Lipinski definition) is 3. The lowest BCUT2D eigenvalue weighted by molar-refractivity contribution is 0.0690. The number of aromatic nitrogens is 2. The van der Waals surface area contributed by atoms with Crippen LogP contribution in [0, 0.1) is 0 Å². The number of rotatable bonds is 5. The number of hydrogen-bond acceptors (Lipinski definition) is 4. The van der Waals surface area contributed by atoms with E-state index in [1.165, 1.54) is 0 Å². The smallest absolute Gasteiger partial charge is 0.358 e. The highest BCUT2D eigenvalue weighted by Crippen LogP contribution is 2.19. The van der Waals surface area contributed by atoms with Crippen LogP contribution >= 0.6 is 0 Å². The van der Waals surface area contributed by atoms with Crippen molar-refractivity contribution in [1.29, 1.82) is 0 Å². The van der Waals surface area contributed by atoms with E-state index in [1.807, 2.05) is 13.0 Å². The van der Waals surface area contributed by atoms with E-state index in [0.29, 0.717) is 24.3 Å². The Hall–Kier alpha value is -2.50. The fraction of sp³-hybridized carbons (Fsp3) is 0.231. The SMILES string of the molecule is CCn1cc(NCc2ccccc2O)c(C(=O)O)n1. The van der Waals surface area contributed by atoms with Gasteiger partial charge in [0.2, 0.25) is 0 Å². The number of carbonyl (C=O) groups is 1. The Balaban J connectivity index is 2.17. The van der Waals surface area contributed by atoms with Crippen molar-refractivity contribution in [2.75, 3.05) is 5.32 Å². The third-order valence-corrected chi connectivity index (χ3v) is 2.75. The first-order chi connectivity index (χ1) is 9.11. The lowest BCUT2D eigenvalue weighted by Crippen LogP contribution is -2.05. The summed E-state index contributed by atoms with van der Waals surface area (Å²) in [5.74, 6) is -0.901. The summed E-state index contributed by atoms with van der Waals surface area (Å²) < 4.78 is 1.55. The molecular weight excluding hydrogens is 246 g/mol. The van der Waals surface area contributed by atoms with Crippen LogP contribution in [-0.2, 0) is 13.1 Å². The molecule has 6 nitrogen and oxygen atoms in total. The van der Waals surface area contributed by atoms with Crippen LogP contribution in [0.1, 0.15) is 23.0 Å². The lowest BCUT2D eigenvalue weighted by Gasteiger charge is -2.06. The Kier molecular flexibility index (Phi) is 3.70. The van der Waals surface area contributed by atoms with Crippen LogP contribution in [0.5, 0.6) is 5.75 Å². The summed E-state index contributed by atoms with van der Waals surface area (Å²) in [6.07, 6.45) is 1.64. The van der Waals surface area contributed by atoms with Crippen molar-refractivity contribution in [2.45, 2.75) is 20.0 Å². The van der Waals surface area contributed by atoms with Crippen LogP contribution < -0.4 is 5.32 Å². The van der Waals surface area contributed by atoms with Crippen molar-refractivity contribution in [1.82, 2.24) is 9.78 Å². The quantitative estimate of drug-likeness (QED) is 0.765. The molecule has 0 bridgehead atoms. The van der Waals surface area contributed by atoms with Gasteiger partial charge in [0, 0.05) is 24.8 Å². The van der Waals surface area contributed by atoms with E-state index in [4.69, 9.17) is 5.11 Å². The molecule has 0 atom stereocenters. The Morgan fingerprint density at radius 1 is 1.42 bits per heavy atom. The monoisotopic (exact) mass is 261 g/mol. The number of carboxylic acids is 1. The van der Waals surface area contributed by atoms with E-state index >= 15 is 0 Å². The molecule has 0 saturated heterocycles. The number of phenolic OH excluding ortho intramolecular Hbond substituents is 1. The van der Waals surface area contributed by atoms with E-state index in [9.17, 15) is 9.90 Å². The summed E-state index contributed by atoms with van der Waals surface area (Å²) in [6, 6.07) is 6.90. The summed E-state index contributed by atoms with van der Waals surface area (Å²) in [5.41, 5.74) is 1.12. The number of nitrogens with one attached hydrogen (secondary N) is 1. The number of nitrogens with zero attached hydrogens (tertiary/aromatic N) is 2. The number of para-hydroxylation sites is 1. The second kappa shape index (κ2) is 5.43. The molecule has 0 saturated carbocycles. The van der Waals surface area contributed by atoms with Crippen LogP contribution in [-0.4, -0.2) is 26.0 Å². The van der Waals surface area contributed by atoms with Gasteiger partial charge in [-0.15, -0.1) is 0 Å². The van der Waals surface area contributed by atoms with Gasteiger partial charge in [-0.05, 0) is 13.0 Å². The van der Waals surface area contributed by atoms with Gasteiger partial charge < -0.3 is 15.5 Å². The van der Waals surface area contributed by atoms with Crippen LogP contribution in [0.25, 0.3) is 0 Å². The van der Waals surface area contributed by atoms with E-state index in [2.05, 4.69) is 10.4 Å². The minimum Gasteiger partial charge on any atom is -0.508 e. The Labute approximate surface area is 110 Å². The minimum absolute atomic E-state index is 0.0164. The van der Waals surface area contributed by atoms with Gasteiger partial charge in [0.25, 0.3) is 0 Å². The molecule has 0 aliphatic rings. The standard InChI is InChI=1S/C13H15N3O3/c1-2-16-8-10(12(15-16)13(18)19)14-7-9-5-3-4-6-11(9)17/h3-6,8,14,17H,2,7H2,1H3,(H,18,19). The highest BCUT2D eigenvalue weighted by atomic mass is 16.4. The number of anilines is 1. The molecule has 2 rings (SSSR count). The topological polar surface area (TPSA) is 87.4 Å². The number of phenols is 1. The maximum Gasteiger partial charge on any atom is 0.358 e. The number of aromatic hydroxyl groups is 1. The lowest BCUT2D eigenvalue weighted by atomic mass is 10.2. The predicted octanol–water partition coefficient (Wildman–Crippen LogP) is 1.92. The van der Waals surface area contributed by atoms with Gasteiger partial charge in [0.1, 0.15) is 5.75 Å². The fourth-order valence-corrected chi connectivity index (χ4v) is 1.72. The first-order valence-corrected chi connectivity index (χ1v) is 5.93. The molecule has 0 radical (unpaired) electrons. The second-order valence-electron chi connectivity index (χ2n) is 4.03. The Bertz CT molecular complexity index is 593. The molecule has 19 heavy (non-hydrogen) atoms. The molecule has 2 aromatic rings. The van der Waals surface area contributed by atoms with Gasteiger partial charge in [-0.25, -0.2) is 4.79 Å². The first kappa shape index (κ1) is 12.9. The van der Waals surface area contributed by atoms with Crippen molar-refractivity contribution in [3.8, 4) is 5.75 Å². The van der Waals surface area contributed by atoms with E-state index < -0.39 is 5.97 Å². The zero-order chi connectivity index (χ0) is 13.8. The number of carboxylic acid groups (broad SMARTS) is 1. The predicted molar refractivity (Wildman–Crippen MR) is 70.3 cm³/mol. The normalized spacial score (nSPS) is 10.4. The number of aryl methyl sites for hydroxylation is 1. The summed E-state index contributed by atoms with van der Waals surface area (Å²) in [7, 11) is 0. The fourth-order valence-electron chi connectivity index (χ4n) is 1.72. The van der Waals surface area contributed by atoms with E-state index in [0.717, 1.165) is 0 Å². The zero-order valence-corrected chi connectivity index (χ0v) is 10.5. The average Bonchev–Trinajstić information content (AvgIpc) is 2.81. The third-order valence-electron chi connectivity index (χ3n) is 2.75. The Morgan fingerprint density at radius 3 is 2.79 bits per heavy atom. The molecule has 1 heterocycles. The van der Waals surface area contributed by atoms with Crippen LogP contribution in [0.2, 0.25) is 0 Å². The van der Waals surface area contributed by atoms with Crippen LogP contribution in [0.15, 0.2) is 30.5 Å². The Morgan fingerprint density at radius 2 is 2.16 bits per heavy atom. The number of benzene rings is 1. The zero-order valence-electron chi connectivity index (χ0n) is 10.5. The van der Waals surface area contributed by atoms with Gasteiger partial charge in [0.05, 0.1) is 5.69 Å². The molecule has 3 N–H and O–H groups in total. The van der Waals surface area contributed by atoms with Crippen molar-refractivity contribution in [2.24, 2.45) is 0 Å². The molecule has 0 aliphatic heterocycles. The second-order valence-corrected chi connectivity index (χ2v) is 4.03. The maximum absolute atomic E-state index is 11.1. The average molecular weight is 261 g/mol. The molecule has 0 unspecified atom stereocenters. The van der Waals surface area contributed by atoms with E-state index in [-0.39, 0.29) is 11.4 Å². The van der Waals surface area contributed by atoms with Crippen LogP contribution in [0.3, 0.4) is 0 Å². The molecular formula is C13H15N3O3. The molecule has 0 fully saturated rings. The molecule has 100 valence electrons. The largest absolute Gasteiger partial charge is 0.508 e. The van der Waals surface area contributed by atoms with Crippen molar-refractivity contribution in [3.05, 3.63) is 41.7 Å². The first-order valence-electron chi connectivity index (χ1n) is 5.93.